The second kappa shape index (κ2) is 3.63. The zero-order chi connectivity index (χ0) is 13.6. The van der Waals surface area contributed by atoms with Gasteiger partial charge in [-0.2, -0.15) is 0 Å². The maximum atomic E-state index is 13.0. The number of aliphatic carboxylic acids is 1. The molecule has 0 aromatic heterocycles. The zero-order valence-electron chi connectivity index (χ0n) is 9.79. The van der Waals surface area contributed by atoms with E-state index in [1.165, 1.54) is 20.8 Å². The molecule has 1 aliphatic carbocycles. The van der Waals surface area contributed by atoms with Crippen molar-refractivity contribution in [3.05, 3.63) is 0 Å². The molecule has 0 aromatic carbocycles. The average Bonchev–Trinajstić information content (AvgIpc) is 2.09. The summed E-state index contributed by atoms with van der Waals surface area (Å²) in [5.41, 5.74) is 1.83. The number of carboxylic acids is 1. The van der Waals surface area contributed by atoms with E-state index >= 15 is 0 Å². The normalized spacial score (nSPS) is 31.5. The van der Waals surface area contributed by atoms with Gasteiger partial charge in [-0.05, 0) is 20.8 Å². The van der Waals surface area contributed by atoms with Crippen LogP contribution in [-0.4, -0.2) is 34.6 Å². The topological polar surface area (TPSA) is 89.6 Å². The lowest BCUT2D eigenvalue weighted by Crippen LogP contribution is -2.72. The van der Waals surface area contributed by atoms with Crippen molar-refractivity contribution in [3.63, 3.8) is 0 Å². The first-order chi connectivity index (χ1) is 7.43. The van der Waals surface area contributed by atoms with Crippen LogP contribution in [0.1, 0.15) is 27.2 Å². The number of ether oxygens (including phenoxy) is 1. The molecule has 0 aromatic rings. The predicted molar refractivity (Wildman–Crippen MR) is 53.5 cm³/mol. The van der Waals surface area contributed by atoms with Gasteiger partial charge in [0.15, 0.2) is 5.41 Å². The van der Waals surface area contributed by atoms with Gasteiger partial charge in [0.2, 0.25) is 0 Å². The number of alkyl halides is 2. The van der Waals surface area contributed by atoms with E-state index in [-0.39, 0.29) is 0 Å². The Kier molecular flexibility index (Phi) is 2.95. The Bertz CT molecular complexity index is 364. The van der Waals surface area contributed by atoms with Gasteiger partial charge in [-0.15, -0.1) is 0 Å². The number of halogens is 2. The number of hydrogen-bond donors (Lipinski definition) is 2. The molecule has 7 heteroatoms. The van der Waals surface area contributed by atoms with Crippen LogP contribution >= 0.6 is 0 Å². The van der Waals surface area contributed by atoms with E-state index in [0.717, 1.165) is 0 Å². The summed E-state index contributed by atoms with van der Waals surface area (Å²) < 4.78 is 30.8. The Morgan fingerprint density at radius 2 is 1.88 bits per heavy atom. The highest BCUT2D eigenvalue weighted by molar-refractivity contribution is 6.02. The van der Waals surface area contributed by atoms with E-state index in [9.17, 15) is 18.4 Å². The number of carbonyl (C=O) groups excluding carboxylic acids is 1. The van der Waals surface area contributed by atoms with Crippen LogP contribution in [0.15, 0.2) is 0 Å². The molecule has 2 atom stereocenters. The van der Waals surface area contributed by atoms with Gasteiger partial charge in [0.25, 0.3) is 5.92 Å². The third-order valence-electron chi connectivity index (χ3n) is 2.65. The SMILES string of the molecule is CC(C)(C)OC(=O)C1(C(=O)O)CC(F)(F)C1N. The fraction of sp³-hybridized carbons (Fsp3) is 0.800. The minimum Gasteiger partial charge on any atom is -0.480 e. The molecular formula is C10H15F2NO4. The fourth-order valence-corrected chi connectivity index (χ4v) is 1.69. The quantitative estimate of drug-likeness (QED) is 0.558. The molecule has 0 bridgehead atoms. The van der Waals surface area contributed by atoms with Crippen LogP contribution in [0.25, 0.3) is 0 Å². The number of nitrogens with two attached hydrogens (primary N) is 1. The van der Waals surface area contributed by atoms with Crippen molar-refractivity contribution in [2.75, 3.05) is 0 Å². The molecule has 1 rings (SSSR count). The molecule has 0 radical (unpaired) electrons. The van der Waals surface area contributed by atoms with Crippen LogP contribution < -0.4 is 5.73 Å². The van der Waals surface area contributed by atoms with E-state index in [2.05, 4.69) is 0 Å². The van der Waals surface area contributed by atoms with Crippen LogP contribution in [0, 0.1) is 5.41 Å². The zero-order valence-corrected chi connectivity index (χ0v) is 9.79. The van der Waals surface area contributed by atoms with E-state index in [1.54, 1.807) is 0 Å². The van der Waals surface area contributed by atoms with Crippen molar-refractivity contribution < 1.29 is 28.2 Å². The molecule has 1 saturated carbocycles. The van der Waals surface area contributed by atoms with Gasteiger partial charge in [0.1, 0.15) is 5.60 Å². The lowest BCUT2D eigenvalue weighted by atomic mass is 9.61. The smallest absolute Gasteiger partial charge is 0.326 e. The Morgan fingerprint density at radius 1 is 1.41 bits per heavy atom. The largest absolute Gasteiger partial charge is 0.480 e. The Hall–Kier alpha value is -1.24. The van der Waals surface area contributed by atoms with Crippen molar-refractivity contribution in [1.82, 2.24) is 0 Å². The van der Waals surface area contributed by atoms with E-state index in [4.69, 9.17) is 15.6 Å². The van der Waals surface area contributed by atoms with Crippen LogP contribution in [-0.2, 0) is 14.3 Å². The molecule has 17 heavy (non-hydrogen) atoms. The van der Waals surface area contributed by atoms with Crippen LogP contribution in [0.4, 0.5) is 8.78 Å². The first kappa shape index (κ1) is 13.8. The molecule has 0 spiro atoms. The van der Waals surface area contributed by atoms with Crippen molar-refractivity contribution >= 4 is 11.9 Å². The highest BCUT2D eigenvalue weighted by Crippen LogP contribution is 2.52. The van der Waals surface area contributed by atoms with Crippen molar-refractivity contribution in [2.45, 2.75) is 44.8 Å². The van der Waals surface area contributed by atoms with Gasteiger partial charge in [-0.1, -0.05) is 0 Å². The van der Waals surface area contributed by atoms with Gasteiger partial charge in [0, 0.05) is 6.42 Å². The summed E-state index contributed by atoms with van der Waals surface area (Å²) in [5.74, 6) is -6.24. The summed E-state index contributed by atoms with van der Waals surface area (Å²) in [6.07, 6.45) is -1.12. The number of carboxylic acid groups (broad SMARTS) is 1. The third kappa shape index (κ3) is 2.11. The Labute approximate surface area is 96.9 Å². The standard InChI is InChI=1S/C10H15F2NO4/c1-8(2,3)17-7(16)9(6(14)15)4-10(11,12)5(9)13/h5H,4,13H2,1-3H3,(H,14,15). The van der Waals surface area contributed by atoms with Gasteiger partial charge >= 0.3 is 11.9 Å². The molecule has 1 aliphatic rings. The van der Waals surface area contributed by atoms with Crippen molar-refractivity contribution in [1.29, 1.82) is 0 Å². The first-order valence-electron chi connectivity index (χ1n) is 5.04. The number of esters is 1. The average molecular weight is 251 g/mol. The molecule has 0 saturated heterocycles. The van der Waals surface area contributed by atoms with Crippen molar-refractivity contribution in [2.24, 2.45) is 11.1 Å². The summed E-state index contributed by atoms with van der Waals surface area (Å²) in [5, 5.41) is 8.94. The molecular weight excluding hydrogens is 236 g/mol. The molecule has 3 N–H and O–H groups in total. The second-order valence-electron chi connectivity index (χ2n) is 5.19. The number of hydrogen-bond acceptors (Lipinski definition) is 4. The molecule has 2 unspecified atom stereocenters. The van der Waals surface area contributed by atoms with E-state index in [1.807, 2.05) is 0 Å². The Balaban J connectivity index is 2.98. The lowest BCUT2D eigenvalue weighted by molar-refractivity contribution is -0.223. The second-order valence-corrected chi connectivity index (χ2v) is 5.19. The van der Waals surface area contributed by atoms with Crippen LogP contribution in [0.5, 0.6) is 0 Å². The van der Waals surface area contributed by atoms with Gasteiger partial charge < -0.3 is 15.6 Å². The lowest BCUT2D eigenvalue weighted by Gasteiger charge is -2.48. The van der Waals surface area contributed by atoms with Gasteiger partial charge in [-0.3, -0.25) is 9.59 Å². The van der Waals surface area contributed by atoms with Gasteiger partial charge in [0.05, 0.1) is 6.04 Å². The highest BCUT2D eigenvalue weighted by Gasteiger charge is 2.73. The monoisotopic (exact) mass is 251 g/mol. The third-order valence-corrected chi connectivity index (χ3v) is 2.65. The Morgan fingerprint density at radius 3 is 2.12 bits per heavy atom. The van der Waals surface area contributed by atoms with Gasteiger partial charge in [-0.25, -0.2) is 8.78 Å². The molecule has 1 fully saturated rings. The minimum atomic E-state index is -3.35. The molecule has 0 amide bonds. The number of carbonyl (C=O) groups is 2. The van der Waals surface area contributed by atoms with Crippen molar-refractivity contribution in [3.8, 4) is 0 Å². The summed E-state index contributed by atoms with van der Waals surface area (Å²) in [7, 11) is 0. The number of rotatable bonds is 2. The summed E-state index contributed by atoms with van der Waals surface area (Å²) >= 11 is 0. The maximum Gasteiger partial charge on any atom is 0.326 e. The van der Waals surface area contributed by atoms with E-state index in [0.29, 0.717) is 0 Å². The highest BCUT2D eigenvalue weighted by atomic mass is 19.3. The summed E-state index contributed by atoms with van der Waals surface area (Å²) in [4.78, 5) is 22.7. The summed E-state index contributed by atoms with van der Waals surface area (Å²) in [6, 6.07) is -2.05. The molecule has 98 valence electrons. The molecule has 0 aliphatic heterocycles. The molecule has 0 heterocycles. The maximum absolute atomic E-state index is 13.0. The fourth-order valence-electron chi connectivity index (χ4n) is 1.69. The van der Waals surface area contributed by atoms with E-state index < -0.39 is 41.3 Å². The van der Waals surface area contributed by atoms with Crippen LogP contribution in [0.3, 0.4) is 0 Å². The van der Waals surface area contributed by atoms with Crippen LogP contribution in [0.2, 0.25) is 0 Å². The summed E-state index contributed by atoms with van der Waals surface area (Å²) in [6.45, 7) is 4.55. The predicted octanol–water partition coefficient (Wildman–Crippen LogP) is 0.765. The first-order valence-corrected chi connectivity index (χ1v) is 5.04. The minimum absolute atomic E-state index is 0.954. The molecule has 5 nitrogen and oxygen atoms in total.